The number of fused-ring (bicyclic) bond motifs is 2. The molecule has 0 amide bonds. The fraction of sp³-hybridized carbons (Fsp3) is 0. The molecule has 10 aromatic rings. The minimum Gasteiger partial charge on any atom is -0.456 e. The molecule has 0 saturated carbocycles. The highest BCUT2D eigenvalue weighted by atomic mass is 16.3. The Morgan fingerprint density at radius 1 is 0.304 bits per heavy atom. The zero-order chi connectivity index (χ0) is 37.3. The van der Waals surface area contributed by atoms with Crippen molar-refractivity contribution in [3.05, 3.63) is 224 Å². The van der Waals surface area contributed by atoms with Gasteiger partial charge in [-0.3, -0.25) is 0 Å². The second-order valence-corrected chi connectivity index (χ2v) is 14.1. The molecule has 0 bridgehead atoms. The van der Waals surface area contributed by atoms with Crippen molar-refractivity contribution in [2.24, 2.45) is 0 Å². The summed E-state index contributed by atoms with van der Waals surface area (Å²) in [4.78, 5) is 2.42. The van der Waals surface area contributed by atoms with E-state index in [4.69, 9.17) is 4.42 Å². The van der Waals surface area contributed by atoms with Crippen LogP contribution in [0.2, 0.25) is 0 Å². The lowest BCUT2D eigenvalue weighted by molar-refractivity contribution is 0.631. The van der Waals surface area contributed by atoms with Gasteiger partial charge in [-0.2, -0.15) is 0 Å². The SMILES string of the molecule is c1ccc(-c2ccc(-c3ccc(N(c4ccccc4-c4ccccc4)c4ccc(-c5cccc(-c6cc7ccccc7o6)c5)c5ccccc45)cc3)cc2)cc1. The lowest BCUT2D eigenvalue weighted by atomic mass is 9.94. The maximum absolute atomic E-state index is 6.28. The van der Waals surface area contributed by atoms with Crippen LogP contribution >= 0.6 is 0 Å². The van der Waals surface area contributed by atoms with E-state index in [2.05, 4.69) is 211 Å². The number of rotatable bonds is 8. The van der Waals surface area contributed by atoms with Crippen LogP contribution in [0.15, 0.2) is 229 Å². The standard InChI is InChI=1S/C54H37NO/c1-3-14-38(15-4-1)39-26-28-40(29-27-39)41-30-32-46(33-31-41)55(51-24-11-10-21-48(51)42-16-5-2-6-17-42)52-35-34-47(49-22-8-9-23-50(49)52)43-19-13-20-44(36-43)54-37-45-18-7-12-25-53(45)56-54/h1-37H. The quantitative estimate of drug-likeness (QED) is 0.156. The van der Waals surface area contributed by atoms with Gasteiger partial charge < -0.3 is 9.32 Å². The van der Waals surface area contributed by atoms with Crippen LogP contribution in [0.1, 0.15) is 0 Å². The highest BCUT2D eigenvalue weighted by Gasteiger charge is 2.21. The summed E-state index contributed by atoms with van der Waals surface area (Å²) in [5, 5.41) is 3.46. The molecule has 56 heavy (non-hydrogen) atoms. The van der Waals surface area contributed by atoms with E-state index in [1.807, 2.05) is 18.2 Å². The maximum Gasteiger partial charge on any atom is 0.135 e. The van der Waals surface area contributed by atoms with Gasteiger partial charge in [-0.1, -0.05) is 182 Å². The van der Waals surface area contributed by atoms with E-state index in [1.165, 1.54) is 49.7 Å². The van der Waals surface area contributed by atoms with Gasteiger partial charge in [0.2, 0.25) is 0 Å². The average molecular weight is 716 g/mol. The van der Waals surface area contributed by atoms with E-state index < -0.39 is 0 Å². The molecule has 1 heterocycles. The van der Waals surface area contributed by atoms with Crippen LogP contribution in [0.4, 0.5) is 17.1 Å². The van der Waals surface area contributed by atoms with E-state index in [9.17, 15) is 0 Å². The third-order valence-electron chi connectivity index (χ3n) is 10.7. The van der Waals surface area contributed by atoms with Crippen molar-refractivity contribution >= 4 is 38.8 Å². The maximum atomic E-state index is 6.28. The van der Waals surface area contributed by atoms with E-state index in [0.717, 1.165) is 44.9 Å². The van der Waals surface area contributed by atoms with Crippen molar-refractivity contribution < 1.29 is 4.42 Å². The van der Waals surface area contributed by atoms with Gasteiger partial charge in [-0.15, -0.1) is 0 Å². The molecule has 0 aliphatic rings. The van der Waals surface area contributed by atoms with Crippen molar-refractivity contribution in [2.75, 3.05) is 4.90 Å². The first-order valence-electron chi connectivity index (χ1n) is 19.1. The predicted octanol–water partition coefficient (Wildman–Crippen LogP) is 15.4. The summed E-state index contributed by atoms with van der Waals surface area (Å²) in [6.45, 7) is 0. The fourth-order valence-electron chi connectivity index (χ4n) is 7.92. The van der Waals surface area contributed by atoms with Gasteiger partial charge in [-0.25, -0.2) is 0 Å². The molecule has 0 spiro atoms. The number of furan rings is 1. The number of para-hydroxylation sites is 2. The van der Waals surface area contributed by atoms with Crippen LogP contribution in [0, 0.1) is 0 Å². The molecule has 0 unspecified atom stereocenters. The van der Waals surface area contributed by atoms with Crippen molar-refractivity contribution in [3.8, 4) is 55.8 Å². The Hall–Kier alpha value is -7.42. The number of benzene rings is 9. The van der Waals surface area contributed by atoms with Gasteiger partial charge in [0.1, 0.15) is 11.3 Å². The summed E-state index contributed by atoms with van der Waals surface area (Å²) in [6, 6.07) is 80.1. The van der Waals surface area contributed by atoms with E-state index in [1.54, 1.807) is 0 Å². The molecule has 2 nitrogen and oxygen atoms in total. The Labute approximate surface area is 327 Å². The van der Waals surface area contributed by atoms with Gasteiger partial charge in [0.15, 0.2) is 0 Å². The summed E-state index contributed by atoms with van der Waals surface area (Å²) >= 11 is 0. The first-order chi connectivity index (χ1) is 27.8. The zero-order valence-corrected chi connectivity index (χ0v) is 30.7. The van der Waals surface area contributed by atoms with Gasteiger partial charge in [0.25, 0.3) is 0 Å². The first kappa shape index (κ1) is 33.2. The summed E-state index contributed by atoms with van der Waals surface area (Å²) in [7, 11) is 0. The van der Waals surface area contributed by atoms with Crippen LogP contribution in [0.25, 0.3) is 77.6 Å². The van der Waals surface area contributed by atoms with Gasteiger partial charge in [0, 0.05) is 27.6 Å². The fourth-order valence-corrected chi connectivity index (χ4v) is 7.92. The number of hydrogen-bond donors (Lipinski definition) is 0. The normalized spacial score (nSPS) is 11.2. The summed E-state index contributed by atoms with van der Waals surface area (Å²) < 4.78 is 6.28. The minimum absolute atomic E-state index is 0.869. The first-order valence-corrected chi connectivity index (χ1v) is 19.1. The van der Waals surface area contributed by atoms with Crippen molar-refractivity contribution in [3.63, 3.8) is 0 Å². The van der Waals surface area contributed by atoms with E-state index in [-0.39, 0.29) is 0 Å². The zero-order valence-electron chi connectivity index (χ0n) is 30.7. The lowest BCUT2D eigenvalue weighted by Crippen LogP contribution is -2.12. The van der Waals surface area contributed by atoms with Crippen molar-refractivity contribution in [1.82, 2.24) is 0 Å². The van der Waals surface area contributed by atoms with Crippen LogP contribution in [0.5, 0.6) is 0 Å². The number of anilines is 3. The molecule has 10 rings (SSSR count). The smallest absolute Gasteiger partial charge is 0.135 e. The van der Waals surface area contributed by atoms with Crippen molar-refractivity contribution in [2.45, 2.75) is 0 Å². The minimum atomic E-state index is 0.869. The summed E-state index contributed by atoms with van der Waals surface area (Å²) in [5.41, 5.74) is 14.7. The highest BCUT2D eigenvalue weighted by Crippen LogP contribution is 2.46. The molecule has 0 aliphatic carbocycles. The number of nitrogens with zero attached hydrogens (tertiary/aromatic N) is 1. The molecule has 0 N–H and O–H groups in total. The highest BCUT2D eigenvalue weighted by molar-refractivity contribution is 6.07. The monoisotopic (exact) mass is 715 g/mol. The van der Waals surface area contributed by atoms with Crippen molar-refractivity contribution in [1.29, 1.82) is 0 Å². The molecular weight excluding hydrogens is 679 g/mol. The molecule has 0 atom stereocenters. The molecule has 264 valence electrons. The van der Waals surface area contributed by atoms with Gasteiger partial charge >= 0.3 is 0 Å². The third kappa shape index (κ3) is 6.24. The lowest BCUT2D eigenvalue weighted by Gasteiger charge is -2.29. The predicted molar refractivity (Wildman–Crippen MR) is 236 cm³/mol. The summed E-state index contributed by atoms with van der Waals surface area (Å²) in [5.74, 6) is 0.869. The molecule has 0 aliphatic heterocycles. The Morgan fingerprint density at radius 3 is 1.59 bits per heavy atom. The summed E-state index contributed by atoms with van der Waals surface area (Å²) in [6.07, 6.45) is 0. The topological polar surface area (TPSA) is 16.4 Å². The van der Waals surface area contributed by atoms with Crippen LogP contribution in [0.3, 0.4) is 0 Å². The largest absolute Gasteiger partial charge is 0.456 e. The Kier molecular flexibility index (Phi) is 8.55. The molecule has 2 heteroatoms. The number of hydrogen-bond acceptors (Lipinski definition) is 2. The van der Waals surface area contributed by atoms with Gasteiger partial charge in [0.05, 0.1) is 11.4 Å². The van der Waals surface area contributed by atoms with Crippen LogP contribution in [-0.2, 0) is 0 Å². The van der Waals surface area contributed by atoms with Gasteiger partial charge in [-0.05, 0) is 86.8 Å². The Morgan fingerprint density at radius 2 is 0.857 bits per heavy atom. The molecule has 1 aromatic heterocycles. The second kappa shape index (κ2) is 14.4. The Bertz CT molecular complexity index is 2910. The molecule has 0 radical (unpaired) electrons. The molecule has 0 saturated heterocycles. The molecule has 0 fully saturated rings. The van der Waals surface area contributed by atoms with Crippen LogP contribution in [-0.4, -0.2) is 0 Å². The van der Waals surface area contributed by atoms with E-state index in [0.29, 0.717) is 0 Å². The average Bonchev–Trinajstić information content (AvgIpc) is 3.73. The molecular formula is C54H37NO. The second-order valence-electron chi connectivity index (χ2n) is 14.1. The third-order valence-corrected chi connectivity index (χ3v) is 10.7. The Balaban J connectivity index is 1.09. The molecule has 9 aromatic carbocycles. The van der Waals surface area contributed by atoms with Crippen LogP contribution < -0.4 is 4.90 Å². The van der Waals surface area contributed by atoms with E-state index >= 15 is 0 Å².